The van der Waals surface area contributed by atoms with Crippen molar-refractivity contribution in [2.45, 2.75) is 25.6 Å². The Morgan fingerprint density at radius 1 is 1.69 bits per heavy atom. The SMILES string of the molecule is CC(=O)SCCC(O)C(O)c1cnc(N)s1. The molecule has 1 aromatic rings. The van der Waals surface area contributed by atoms with Gasteiger partial charge >= 0.3 is 0 Å². The molecule has 16 heavy (non-hydrogen) atoms. The molecule has 0 spiro atoms. The highest BCUT2D eigenvalue weighted by molar-refractivity contribution is 8.13. The van der Waals surface area contributed by atoms with E-state index in [1.165, 1.54) is 13.1 Å². The maximum Gasteiger partial charge on any atom is 0.185 e. The molecule has 0 fully saturated rings. The van der Waals surface area contributed by atoms with Crippen LogP contribution in [-0.4, -0.2) is 32.2 Å². The van der Waals surface area contributed by atoms with E-state index < -0.39 is 12.2 Å². The normalized spacial score (nSPS) is 14.7. The number of aromatic nitrogens is 1. The predicted molar refractivity (Wildman–Crippen MR) is 65.2 cm³/mol. The Kier molecular flexibility index (Phi) is 5.20. The van der Waals surface area contributed by atoms with Crippen molar-refractivity contribution in [3.8, 4) is 0 Å². The van der Waals surface area contributed by atoms with Gasteiger partial charge in [0.25, 0.3) is 0 Å². The van der Waals surface area contributed by atoms with Crippen molar-refractivity contribution in [1.82, 2.24) is 4.98 Å². The summed E-state index contributed by atoms with van der Waals surface area (Å²) >= 11 is 2.28. The van der Waals surface area contributed by atoms with Crippen LogP contribution in [-0.2, 0) is 4.79 Å². The molecule has 0 amide bonds. The maximum absolute atomic E-state index is 10.7. The first kappa shape index (κ1) is 13.4. The number of aliphatic hydroxyl groups excluding tert-OH is 2. The molecule has 4 N–H and O–H groups in total. The van der Waals surface area contributed by atoms with E-state index in [2.05, 4.69) is 4.98 Å². The fraction of sp³-hybridized carbons (Fsp3) is 0.556. The second-order valence-electron chi connectivity index (χ2n) is 3.24. The largest absolute Gasteiger partial charge is 0.390 e. The van der Waals surface area contributed by atoms with E-state index in [0.29, 0.717) is 22.2 Å². The first-order chi connectivity index (χ1) is 7.50. The molecule has 0 radical (unpaired) electrons. The van der Waals surface area contributed by atoms with Gasteiger partial charge in [-0.2, -0.15) is 0 Å². The number of carbonyl (C=O) groups is 1. The van der Waals surface area contributed by atoms with Gasteiger partial charge < -0.3 is 15.9 Å². The minimum absolute atomic E-state index is 0.00345. The number of thioether (sulfide) groups is 1. The first-order valence-electron chi connectivity index (χ1n) is 4.71. The van der Waals surface area contributed by atoms with Crippen LogP contribution in [0.25, 0.3) is 0 Å². The zero-order chi connectivity index (χ0) is 12.1. The van der Waals surface area contributed by atoms with Crippen molar-refractivity contribution in [1.29, 1.82) is 0 Å². The smallest absolute Gasteiger partial charge is 0.185 e. The monoisotopic (exact) mass is 262 g/mol. The Morgan fingerprint density at radius 2 is 2.38 bits per heavy atom. The Bertz CT molecular complexity index is 356. The molecule has 0 bridgehead atoms. The lowest BCUT2D eigenvalue weighted by atomic mass is 10.1. The summed E-state index contributed by atoms with van der Waals surface area (Å²) in [4.78, 5) is 15.0. The Balaban J connectivity index is 2.41. The molecule has 7 heteroatoms. The van der Waals surface area contributed by atoms with Crippen LogP contribution in [0.4, 0.5) is 5.13 Å². The molecule has 1 rings (SSSR count). The van der Waals surface area contributed by atoms with Crippen LogP contribution in [0.15, 0.2) is 6.20 Å². The molecule has 90 valence electrons. The van der Waals surface area contributed by atoms with E-state index in [9.17, 15) is 15.0 Å². The summed E-state index contributed by atoms with van der Waals surface area (Å²) in [5, 5.41) is 19.8. The number of nitrogens with two attached hydrogens (primary N) is 1. The number of rotatable bonds is 5. The molecule has 0 saturated heterocycles. The first-order valence-corrected chi connectivity index (χ1v) is 6.51. The van der Waals surface area contributed by atoms with Gasteiger partial charge in [0.15, 0.2) is 10.2 Å². The van der Waals surface area contributed by atoms with Crippen LogP contribution in [0, 0.1) is 0 Å². The molecule has 1 aromatic heterocycles. The fourth-order valence-electron chi connectivity index (χ4n) is 1.11. The molecule has 2 unspecified atom stereocenters. The van der Waals surface area contributed by atoms with E-state index in [1.807, 2.05) is 0 Å². The van der Waals surface area contributed by atoms with Gasteiger partial charge in [0.05, 0.1) is 11.0 Å². The maximum atomic E-state index is 10.7. The highest BCUT2D eigenvalue weighted by atomic mass is 32.2. The van der Waals surface area contributed by atoms with Crippen LogP contribution >= 0.6 is 23.1 Å². The van der Waals surface area contributed by atoms with E-state index >= 15 is 0 Å². The Morgan fingerprint density at radius 3 is 2.88 bits per heavy atom. The van der Waals surface area contributed by atoms with Crippen molar-refractivity contribution < 1.29 is 15.0 Å². The topological polar surface area (TPSA) is 96.4 Å². The lowest BCUT2D eigenvalue weighted by molar-refractivity contribution is -0.109. The van der Waals surface area contributed by atoms with Crippen LogP contribution in [0.1, 0.15) is 24.3 Å². The Hall–Kier alpha value is -0.630. The van der Waals surface area contributed by atoms with Gasteiger partial charge in [0, 0.05) is 18.9 Å². The zero-order valence-corrected chi connectivity index (χ0v) is 10.4. The second-order valence-corrected chi connectivity index (χ2v) is 5.61. The van der Waals surface area contributed by atoms with Gasteiger partial charge in [-0.05, 0) is 6.42 Å². The van der Waals surface area contributed by atoms with E-state index in [1.54, 1.807) is 0 Å². The number of carbonyl (C=O) groups excluding carboxylic acids is 1. The number of nitrogen functional groups attached to an aromatic ring is 1. The summed E-state index contributed by atoms with van der Waals surface area (Å²) in [7, 11) is 0. The summed E-state index contributed by atoms with van der Waals surface area (Å²) in [6.07, 6.45) is -0.0797. The minimum atomic E-state index is -0.984. The average Bonchev–Trinajstić information content (AvgIpc) is 2.63. The van der Waals surface area contributed by atoms with Crippen molar-refractivity contribution in [2.24, 2.45) is 0 Å². The third-order valence-corrected chi connectivity index (χ3v) is 3.66. The van der Waals surface area contributed by atoms with Crippen LogP contribution in [0.5, 0.6) is 0 Å². The highest BCUT2D eigenvalue weighted by Gasteiger charge is 2.20. The summed E-state index contributed by atoms with van der Waals surface area (Å²) in [5.74, 6) is 0.488. The minimum Gasteiger partial charge on any atom is -0.390 e. The van der Waals surface area contributed by atoms with Crippen molar-refractivity contribution in [3.63, 3.8) is 0 Å². The van der Waals surface area contributed by atoms with Gasteiger partial charge in [-0.25, -0.2) is 4.98 Å². The number of aliphatic hydroxyl groups is 2. The number of hydrogen-bond acceptors (Lipinski definition) is 7. The molecule has 0 aliphatic heterocycles. The van der Waals surface area contributed by atoms with E-state index in [4.69, 9.17) is 5.73 Å². The summed E-state index contributed by atoms with van der Waals surface area (Å²) < 4.78 is 0. The van der Waals surface area contributed by atoms with Crippen molar-refractivity contribution >= 4 is 33.3 Å². The Labute approximate surface area is 102 Å². The number of hydrogen-bond donors (Lipinski definition) is 3. The summed E-state index contributed by atoms with van der Waals surface area (Å²) in [6.45, 7) is 1.47. The van der Waals surface area contributed by atoms with Crippen LogP contribution in [0.2, 0.25) is 0 Å². The summed E-state index contributed by atoms with van der Waals surface area (Å²) in [6, 6.07) is 0. The predicted octanol–water partition coefficient (Wildman–Crippen LogP) is 0.789. The molecule has 1 heterocycles. The number of thiazole rings is 1. The van der Waals surface area contributed by atoms with Gasteiger partial charge in [-0.1, -0.05) is 23.1 Å². The number of anilines is 1. The van der Waals surface area contributed by atoms with Crippen LogP contribution in [0.3, 0.4) is 0 Å². The summed E-state index contributed by atoms with van der Waals surface area (Å²) in [5.41, 5.74) is 5.42. The molecular formula is C9H14N2O3S2. The lowest BCUT2D eigenvalue weighted by Gasteiger charge is -2.15. The van der Waals surface area contributed by atoms with Crippen molar-refractivity contribution in [2.75, 3.05) is 11.5 Å². The third-order valence-electron chi connectivity index (χ3n) is 1.92. The third kappa shape index (κ3) is 4.09. The lowest BCUT2D eigenvalue weighted by Crippen LogP contribution is -2.18. The average molecular weight is 262 g/mol. The fourth-order valence-corrected chi connectivity index (χ4v) is 2.49. The van der Waals surface area contributed by atoms with Gasteiger partial charge in [-0.15, -0.1) is 0 Å². The molecule has 0 aliphatic rings. The molecular weight excluding hydrogens is 248 g/mol. The highest BCUT2D eigenvalue weighted by Crippen LogP contribution is 2.26. The molecule has 0 aromatic carbocycles. The van der Waals surface area contributed by atoms with Crippen molar-refractivity contribution in [3.05, 3.63) is 11.1 Å². The molecule has 5 nitrogen and oxygen atoms in total. The molecule has 0 saturated carbocycles. The standard InChI is InChI=1S/C9H14N2O3S2/c1-5(12)15-3-2-6(13)8(14)7-4-11-9(10)16-7/h4,6,8,13-14H,2-3H2,1H3,(H2,10,11). The van der Waals surface area contributed by atoms with E-state index in [0.717, 1.165) is 23.1 Å². The zero-order valence-electron chi connectivity index (χ0n) is 8.79. The van der Waals surface area contributed by atoms with Crippen LogP contribution < -0.4 is 5.73 Å². The quantitative estimate of drug-likeness (QED) is 0.726. The molecule has 0 aliphatic carbocycles. The van der Waals surface area contributed by atoms with Gasteiger partial charge in [-0.3, -0.25) is 4.79 Å². The van der Waals surface area contributed by atoms with E-state index in [-0.39, 0.29) is 5.12 Å². The molecule has 2 atom stereocenters. The second kappa shape index (κ2) is 6.19. The number of nitrogens with zero attached hydrogens (tertiary/aromatic N) is 1. The van der Waals surface area contributed by atoms with Gasteiger partial charge in [0.1, 0.15) is 6.10 Å². The van der Waals surface area contributed by atoms with Gasteiger partial charge in [0.2, 0.25) is 0 Å².